The lowest BCUT2D eigenvalue weighted by Gasteiger charge is -2.03. The minimum atomic E-state index is 0.669. The molecule has 56 valence electrons. The average Bonchev–Trinajstić information content (AvgIpc) is 2.13. The highest BCUT2D eigenvalue weighted by atomic mass is 79.9. The van der Waals surface area contributed by atoms with Crippen LogP contribution in [0.2, 0.25) is 0 Å². The number of hydrogen-bond acceptors (Lipinski definition) is 0. The third-order valence-electron chi connectivity index (χ3n) is 1.67. The van der Waals surface area contributed by atoms with Crippen LogP contribution in [0.5, 0.6) is 0 Å². The third-order valence-corrected chi connectivity index (χ3v) is 3.62. The summed E-state index contributed by atoms with van der Waals surface area (Å²) >= 11 is 6.96. The Hall–Kier alpha value is 0.440. The standard InChI is InChI=1S/C8H10Br2/c1-5(2)6-3-7(9)8(10)4-6/h3,5H,4H2,1-2H3. The van der Waals surface area contributed by atoms with Crippen LogP contribution < -0.4 is 0 Å². The maximum atomic E-state index is 3.49. The lowest BCUT2D eigenvalue weighted by Crippen LogP contribution is -1.89. The van der Waals surface area contributed by atoms with Gasteiger partial charge >= 0.3 is 0 Å². The van der Waals surface area contributed by atoms with Crippen molar-refractivity contribution >= 4 is 31.9 Å². The molecule has 0 bridgehead atoms. The first-order valence-electron chi connectivity index (χ1n) is 3.36. The van der Waals surface area contributed by atoms with Crippen LogP contribution in [-0.4, -0.2) is 0 Å². The molecule has 2 heteroatoms. The van der Waals surface area contributed by atoms with E-state index in [4.69, 9.17) is 0 Å². The van der Waals surface area contributed by atoms with Crippen LogP contribution in [0.3, 0.4) is 0 Å². The second-order valence-electron chi connectivity index (χ2n) is 2.80. The normalized spacial score (nSPS) is 18.7. The van der Waals surface area contributed by atoms with Gasteiger partial charge in [-0.25, -0.2) is 0 Å². The zero-order valence-electron chi connectivity index (χ0n) is 6.12. The van der Waals surface area contributed by atoms with Crippen LogP contribution in [0, 0.1) is 5.92 Å². The van der Waals surface area contributed by atoms with E-state index >= 15 is 0 Å². The summed E-state index contributed by atoms with van der Waals surface area (Å²) in [6, 6.07) is 0. The summed E-state index contributed by atoms with van der Waals surface area (Å²) in [4.78, 5) is 0. The summed E-state index contributed by atoms with van der Waals surface area (Å²) < 4.78 is 2.48. The summed E-state index contributed by atoms with van der Waals surface area (Å²) in [5.74, 6) is 0.669. The zero-order valence-corrected chi connectivity index (χ0v) is 9.29. The Bertz CT molecular complexity index is 199. The minimum Gasteiger partial charge on any atom is -0.0616 e. The Labute approximate surface area is 78.6 Å². The molecule has 0 heterocycles. The van der Waals surface area contributed by atoms with Gasteiger partial charge in [-0.2, -0.15) is 0 Å². The molecule has 0 spiro atoms. The van der Waals surface area contributed by atoms with Gasteiger partial charge in [-0.3, -0.25) is 0 Å². The molecule has 0 N–H and O–H groups in total. The maximum Gasteiger partial charge on any atom is 0.0279 e. The maximum absolute atomic E-state index is 3.49. The zero-order chi connectivity index (χ0) is 7.72. The molecule has 0 aromatic heterocycles. The summed E-state index contributed by atoms with van der Waals surface area (Å²) in [6.45, 7) is 4.44. The van der Waals surface area contributed by atoms with E-state index in [2.05, 4.69) is 51.8 Å². The Morgan fingerprint density at radius 1 is 1.40 bits per heavy atom. The average molecular weight is 266 g/mol. The SMILES string of the molecule is CC(C)C1=CC(Br)=C(Br)C1. The van der Waals surface area contributed by atoms with Crippen molar-refractivity contribution in [1.82, 2.24) is 0 Å². The Balaban J connectivity index is 2.70. The molecular weight excluding hydrogens is 256 g/mol. The quantitative estimate of drug-likeness (QED) is 0.673. The number of allylic oxidation sites excluding steroid dienone is 4. The summed E-state index contributed by atoms with van der Waals surface area (Å²) in [5, 5.41) is 0. The second-order valence-corrected chi connectivity index (χ2v) is 4.62. The fraction of sp³-hybridized carbons (Fsp3) is 0.500. The predicted molar refractivity (Wildman–Crippen MR) is 52.4 cm³/mol. The van der Waals surface area contributed by atoms with Crippen LogP contribution in [0.15, 0.2) is 20.6 Å². The van der Waals surface area contributed by atoms with Gasteiger partial charge in [0, 0.05) is 15.4 Å². The van der Waals surface area contributed by atoms with E-state index in [-0.39, 0.29) is 0 Å². The van der Waals surface area contributed by atoms with E-state index < -0.39 is 0 Å². The van der Waals surface area contributed by atoms with Crippen molar-refractivity contribution in [2.45, 2.75) is 20.3 Å². The molecule has 0 atom stereocenters. The number of rotatable bonds is 1. The number of hydrogen-bond donors (Lipinski definition) is 0. The highest BCUT2D eigenvalue weighted by molar-refractivity contribution is 9.14. The first-order valence-corrected chi connectivity index (χ1v) is 4.94. The van der Waals surface area contributed by atoms with Gasteiger partial charge in [-0.1, -0.05) is 35.4 Å². The van der Waals surface area contributed by atoms with E-state index in [1.54, 1.807) is 0 Å². The monoisotopic (exact) mass is 264 g/mol. The van der Waals surface area contributed by atoms with Crippen molar-refractivity contribution in [3.05, 3.63) is 20.6 Å². The molecule has 1 aliphatic carbocycles. The molecule has 0 saturated heterocycles. The van der Waals surface area contributed by atoms with Crippen LogP contribution in [0.1, 0.15) is 20.3 Å². The summed E-state index contributed by atoms with van der Waals surface area (Å²) in [5.41, 5.74) is 1.50. The van der Waals surface area contributed by atoms with Crippen molar-refractivity contribution in [1.29, 1.82) is 0 Å². The molecule has 10 heavy (non-hydrogen) atoms. The molecule has 1 aliphatic rings. The molecule has 0 saturated carbocycles. The number of halogens is 2. The molecule has 0 aromatic carbocycles. The van der Waals surface area contributed by atoms with Gasteiger partial charge in [0.15, 0.2) is 0 Å². The smallest absolute Gasteiger partial charge is 0.0279 e. The summed E-state index contributed by atoms with van der Waals surface area (Å²) in [6.07, 6.45) is 3.28. The van der Waals surface area contributed by atoms with Gasteiger partial charge in [0.2, 0.25) is 0 Å². The Morgan fingerprint density at radius 2 is 2.00 bits per heavy atom. The third kappa shape index (κ3) is 1.73. The first kappa shape index (κ1) is 8.54. The molecule has 0 nitrogen and oxygen atoms in total. The predicted octanol–water partition coefficient (Wildman–Crippen LogP) is 3.97. The minimum absolute atomic E-state index is 0.669. The fourth-order valence-electron chi connectivity index (χ4n) is 0.927. The lowest BCUT2D eigenvalue weighted by molar-refractivity contribution is 0.752. The summed E-state index contributed by atoms with van der Waals surface area (Å²) in [7, 11) is 0. The highest BCUT2D eigenvalue weighted by Gasteiger charge is 2.13. The van der Waals surface area contributed by atoms with Gasteiger partial charge in [0.05, 0.1) is 0 Å². The van der Waals surface area contributed by atoms with E-state index in [0.717, 1.165) is 6.42 Å². The topological polar surface area (TPSA) is 0 Å². The van der Waals surface area contributed by atoms with Gasteiger partial charge in [-0.05, 0) is 27.9 Å². The van der Waals surface area contributed by atoms with Gasteiger partial charge in [-0.15, -0.1) is 0 Å². The van der Waals surface area contributed by atoms with Crippen molar-refractivity contribution in [2.24, 2.45) is 5.92 Å². The molecule has 0 aromatic rings. The van der Waals surface area contributed by atoms with Crippen LogP contribution in [0.4, 0.5) is 0 Å². The molecule has 1 rings (SSSR count). The van der Waals surface area contributed by atoms with Crippen LogP contribution in [0.25, 0.3) is 0 Å². The van der Waals surface area contributed by atoms with E-state index in [0.29, 0.717) is 5.92 Å². The van der Waals surface area contributed by atoms with Gasteiger partial charge < -0.3 is 0 Å². The van der Waals surface area contributed by atoms with E-state index in [9.17, 15) is 0 Å². The lowest BCUT2D eigenvalue weighted by atomic mass is 10.0. The molecular formula is C8H10Br2. The molecule has 0 radical (unpaired) electrons. The van der Waals surface area contributed by atoms with Crippen molar-refractivity contribution in [3.8, 4) is 0 Å². The Morgan fingerprint density at radius 3 is 2.20 bits per heavy atom. The second kappa shape index (κ2) is 3.22. The van der Waals surface area contributed by atoms with Crippen molar-refractivity contribution in [3.63, 3.8) is 0 Å². The van der Waals surface area contributed by atoms with Crippen molar-refractivity contribution < 1.29 is 0 Å². The first-order chi connectivity index (χ1) is 4.61. The van der Waals surface area contributed by atoms with E-state index in [1.807, 2.05) is 0 Å². The fourth-order valence-corrected chi connectivity index (χ4v) is 1.80. The van der Waals surface area contributed by atoms with Crippen molar-refractivity contribution in [2.75, 3.05) is 0 Å². The van der Waals surface area contributed by atoms with Gasteiger partial charge in [0.1, 0.15) is 0 Å². The van der Waals surface area contributed by atoms with E-state index in [1.165, 1.54) is 14.5 Å². The molecule has 0 unspecified atom stereocenters. The van der Waals surface area contributed by atoms with Gasteiger partial charge in [0.25, 0.3) is 0 Å². The molecule has 0 fully saturated rings. The van der Waals surface area contributed by atoms with Crippen LogP contribution in [-0.2, 0) is 0 Å². The van der Waals surface area contributed by atoms with Crippen LogP contribution >= 0.6 is 31.9 Å². The molecule has 0 amide bonds. The largest absolute Gasteiger partial charge is 0.0616 e. The highest BCUT2D eigenvalue weighted by Crippen LogP contribution is 2.36. The molecule has 0 aliphatic heterocycles. The Kier molecular flexibility index (Phi) is 2.75.